The number of aliphatic hydroxyl groups is 1. The average Bonchev–Trinajstić information content (AvgIpc) is 2.58. The van der Waals surface area contributed by atoms with Gasteiger partial charge in [-0.25, -0.2) is 8.42 Å². The molecular weight excluding hydrogens is 358 g/mol. The van der Waals surface area contributed by atoms with Crippen molar-refractivity contribution in [1.29, 1.82) is 0 Å². The van der Waals surface area contributed by atoms with E-state index in [1.54, 1.807) is 24.3 Å². The molecule has 0 saturated heterocycles. The highest BCUT2D eigenvalue weighted by Gasteiger charge is 2.45. The Labute approximate surface area is 161 Å². The van der Waals surface area contributed by atoms with Crippen molar-refractivity contribution in [2.75, 3.05) is 19.3 Å². The van der Waals surface area contributed by atoms with Gasteiger partial charge in [-0.15, -0.1) is 0 Å². The second-order valence-corrected chi connectivity index (χ2v) is 10.5. The second-order valence-electron chi connectivity index (χ2n) is 8.51. The zero-order valence-electron chi connectivity index (χ0n) is 16.0. The summed E-state index contributed by atoms with van der Waals surface area (Å²) in [6.45, 7) is 4.16. The Morgan fingerprint density at radius 2 is 1.78 bits per heavy atom. The average molecular weight is 386 g/mol. The third-order valence-corrected chi connectivity index (χ3v) is 7.38. The number of β-amino-alcohol motifs (C(OH)–C–C–N with tert-alkyl or cyclic N) is 1. The fourth-order valence-corrected chi connectivity index (χ4v) is 5.35. The highest BCUT2D eigenvalue weighted by Crippen LogP contribution is 2.48. The molecule has 4 nitrogen and oxygen atoms in total. The molecule has 1 aliphatic heterocycles. The largest absolute Gasteiger partial charge is 0.384 e. The van der Waals surface area contributed by atoms with Gasteiger partial charge in [-0.05, 0) is 48.6 Å². The van der Waals surface area contributed by atoms with Gasteiger partial charge in [0.1, 0.15) is 0 Å². The highest BCUT2D eigenvalue weighted by atomic mass is 32.2. The van der Waals surface area contributed by atoms with Gasteiger partial charge in [-0.3, -0.25) is 4.90 Å². The summed E-state index contributed by atoms with van der Waals surface area (Å²) in [7, 11) is -3.23. The Balaban J connectivity index is 1.56. The molecule has 0 bridgehead atoms. The van der Waals surface area contributed by atoms with Crippen molar-refractivity contribution in [2.45, 2.75) is 48.6 Å². The number of fused-ring (bicyclic) bond motifs is 2. The summed E-state index contributed by atoms with van der Waals surface area (Å²) in [5.74, 6) is 0. The van der Waals surface area contributed by atoms with E-state index in [-0.39, 0.29) is 10.3 Å². The fraction of sp³-hybridized carbons (Fsp3) is 0.455. The van der Waals surface area contributed by atoms with E-state index in [1.807, 2.05) is 6.92 Å². The van der Waals surface area contributed by atoms with Crippen LogP contribution in [0.1, 0.15) is 42.9 Å². The van der Waals surface area contributed by atoms with Crippen LogP contribution in [0.4, 0.5) is 0 Å². The van der Waals surface area contributed by atoms with E-state index in [0.29, 0.717) is 6.54 Å². The molecular formula is C22H27NO3S. The van der Waals surface area contributed by atoms with Gasteiger partial charge in [0.05, 0.1) is 10.5 Å². The molecule has 4 rings (SSSR count). The molecule has 1 aliphatic carbocycles. The van der Waals surface area contributed by atoms with Crippen molar-refractivity contribution < 1.29 is 13.5 Å². The molecule has 2 aromatic carbocycles. The van der Waals surface area contributed by atoms with E-state index in [1.165, 1.54) is 36.6 Å². The van der Waals surface area contributed by atoms with Crippen LogP contribution in [0.15, 0.2) is 53.4 Å². The van der Waals surface area contributed by atoms with Crippen LogP contribution in [-0.4, -0.2) is 37.8 Å². The lowest BCUT2D eigenvalue weighted by Gasteiger charge is -2.51. The van der Waals surface area contributed by atoms with Gasteiger partial charge in [0.25, 0.3) is 0 Å². The molecule has 0 radical (unpaired) electrons. The summed E-state index contributed by atoms with van der Waals surface area (Å²) in [6, 6.07) is 15.3. The van der Waals surface area contributed by atoms with Crippen LogP contribution in [0, 0.1) is 0 Å². The number of rotatable bonds is 4. The highest BCUT2D eigenvalue weighted by molar-refractivity contribution is 7.90. The molecule has 1 spiro atoms. The first kappa shape index (κ1) is 18.7. The third kappa shape index (κ3) is 3.44. The van der Waals surface area contributed by atoms with Crippen molar-refractivity contribution in [3.05, 3.63) is 65.2 Å². The molecule has 1 atom stereocenters. The molecule has 0 aromatic heterocycles. The Kier molecular flexibility index (Phi) is 4.45. The summed E-state index contributed by atoms with van der Waals surface area (Å²) in [6.07, 6.45) is 4.90. The SMILES string of the molecule is C[C@@](O)(CN1Cc2ccccc2C2(CCC2)C1)c1ccc(S(C)(=O)=O)cc1. The zero-order chi connectivity index (χ0) is 19.3. The van der Waals surface area contributed by atoms with Crippen molar-refractivity contribution in [3.8, 4) is 0 Å². The number of hydrogen-bond donors (Lipinski definition) is 1. The molecule has 1 N–H and O–H groups in total. The van der Waals surface area contributed by atoms with E-state index in [9.17, 15) is 13.5 Å². The topological polar surface area (TPSA) is 57.6 Å². The van der Waals surface area contributed by atoms with Crippen molar-refractivity contribution in [2.24, 2.45) is 0 Å². The summed E-state index contributed by atoms with van der Waals surface area (Å²) in [5, 5.41) is 11.1. The number of benzene rings is 2. The van der Waals surface area contributed by atoms with Crippen LogP contribution in [0.5, 0.6) is 0 Å². The number of hydrogen-bond acceptors (Lipinski definition) is 4. The minimum atomic E-state index is -3.23. The predicted octanol–water partition coefficient (Wildman–Crippen LogP) is 3.24. The van der Waals surface area contributed by atoms with Crippen LogP contribution in [0.25, 0.3) is 0 Å². The van der Waals surface area contributed by atoms with E-state index in [0.717, 1.165) is 18.7 Å². The Morgan fingerprint density at radius 3 is 2.37 bits per heavy atom. The second kappa shape index (κ2) is 6.43. The smallest absolute Gasteiger partial charge is 0.175 e. The van der Waals surface area contributed by atoms with Gasteiger partial charge in [0.15, 0.2) is 9.84 Å². The van der Waals surface area contributed by atoms with Crippen molar-refractivity contribution in [3.63, 3.8) is 0 Å². The lowest BCUT2D eigenvalue weighted by molar-refractivity contribution is -0.00606. The van der Waals surface area contributed by atoms with Gasteiger partial charge in [0.2, 0.25) is 0 Å². The van der Waals surface area contributed by atoms with Crippen LogP contribution >= 0.6 is 0 Å². The van der Waals surface area contributed by atoms with Crippen molar-refractivity contribution in [1.82, 2.24) is 4.90 Å². The fourth-order valence-electron chi connectivity index (χ4n) is 4.72. The van der Waals surface area contributed by atoms with Gasteiger partial charge in [-0.1, -0.05) is 42.8 Å². The van der Waals surface area contributed by atoms with Gasteiger partial charge in [0, 0.05) is 31.3 Å². The zero-order valence-corrected chi connectivity index (χ0v) is 16.8. The summed E-state index contributed by atoms with van der Waals surface area (Å²) in [5.41, 5.74) is 2.81. The van der Waals surface area contributed by atoms with Crippen molar-refractivity contribution >= 4 is 9.84 Å². The monoisotopic (exact) mass is 385 g/mol. The first-order chi connectivity index (χ1) is 12.7. The maximum Gasteiger partial charge on any atom is 0.175 e. The molecule has 27 heavy (non-hydrogen) atoms. The van der Waals surface area contributed by atoms with E-state index >= 15 is 0 Å². The molecule has 1 heterocycles. The molecule has 2 aromatic rings. The first-order valence-corrected chi connectivity index (χ1v) is 11.4. The van der Waals surface area contributed by atoms with Crippen LogP contribution in [0.2, 0.25) is 0 Å². The van der Waals surface area contributed by atoms with Gasteiger partial charge in [-0.2, -0.15) is 0 Å². The van der Waals surface area contributed by atoms with Gasteiger partial charge >= 0.3 is 0 Å². The molecule has 0 amide bonds. The summed E-state index contributed by atoms with van der Waals surface area (Å²) in [4.78, 5) is 2.63. The maximum atomic E-state index is 11.7. The third-order valence-electron chi connectivity index (χ3n) is 6.26. The van der Waals surface area contributed by atoms with Crippen LogP contribution in [-0.2, 0) is 27.4 Å². The summed E-state index contributed by atoms with van der Waals surface area (Å²) < 4.78 is 23.3. The molecule has 5 heteroatoms. The predicted molar refractivity (Wildman–Crippen MR) is 106 cm³/mol. The first-order valence-electron chi connectivity index (χ1n) is 9.53. The van der Waals surface area contributed by atoms with Crippen LogP contribution in [0.3, 0.4) is 0 Å². The quantitative estimate of drug-likeness (QED) is 0.878. The Hall–Kier alpha value is -1.69. The van der Waals surface area contributed by atoms with Crippen LogP contribution < -0.4 is 0 Å². The molecule has 2 aliphatic rings. The standard InChI is InChI=1S/C22H27NO3S/c1-21(24,18-8-10-19(11-9-18)27(2,25)26)15-23-14-17-6-3-4-7-20(17)22(16-23)12-5-13-22/h3-4,6-11,24H,5,12-16H2,1-2H3/t21-/m1/s1. The normalized spacial score (nSPS) is 21.3. The Bertz CT molecular complexity index is 944. The number of sulfone groups is 1. The molecule has 144 valence electrons. The van der Waals surface area contributed by atoms with E-state index < -0.39 is 15.4 Å². The maximum absolute atomic E-state index is 11.7. The number of nitrogens with zero attached hydrogens (tertiary/aromatic N) is 1. The lowest BCUT2D eigenvalue weighted by atomic mass is 9.61. The minimum Gasteiger partial charge on any atom is -0.384 e. The summed E-state index contributed by atoms with van der Waals surface area (Å²) >= 11 is 0. The lowest BCUT2D eigenvalue weighted by Crippen LogP contribution is -2.52. The van der Waals surface area contributed by atoms with Gasteiger partial charge < -0.3 is 5.11 Å². The molecule has 1 fully saturated rings. The minimum absolute atomic E-state index is 0.241. The molecule has 0 unspecified atom stereocenters. The van der Waals surface area contributed by atoms with E-state index in [2.05, 4.69) is 29.2 Å². The Morgan fingerprint density at radius 1 is 1.11 bits per heavy atom. The molecule has 1 saturated carbocycles. The van der Waals surface area contributed by atoms with E-state index in [4.69, 9.17) is 0 Å².